The zero-order chi connectivity index (χ0) is 21.8. The van der Waals surface area contributed by atoms with Gasteiger partial charge in [-0.05, 0) is 69.7 Å². The number of nitrogens with zero attached hydrogens (tertiary/aromatic N) is 5. The number of nitrogens with one attached hydrogen (secondary N) is 1. The summed E-state index contributed by atoms with van der Waals surface area (Å²) in [6.45, 7) is 7.26. The normalized spacial score (nSPS) is 24.6. The molecule has 1 N–H and O–H groups in total. The molecule has 2 unspecified atom stereocenters. The van der Waals surface area contributed by atoms with Gasteiger partial charge in [0.1, 0.15) is 0 Å². The molecule has 32 heavy (non-hydrogen) atoms. The van der Waals surface area contributed by atoms with Gasteiger partial charge in [-0.3, -0.25) is 9.58 Å². The third kappa shape index (κ3) is 3.66. The molecule has 2 aliphatic heterocycles. The van der Waals surface area contributed by atoms with Gasteiger partial charge in [0.05, 0.1) is 48.4 Å². The maximum atomic E-state index is 6.73. The Morgan fingerprint density at radius 3 is 2.69 bits per heavy atom. The van der Waals surface area contributed by atoms with Gasteiger partial charge in [-0.15, -0.1) is 0 Å². The number of rotatable bonds is 5. The van der Waals surface area contributed by atoms with Gasteiger partial charge in [-0.25, -0.2) is 9.97 Å². The fourth-order valence-corrected chi connectivity index (χ4v) is 5.55. The van der Waals surface area contributed by atoms with E-state index in [9.17, 15) is 0 Å². The Hall–Kier alpha value is -2.22. The molecule has 2 atom stereocenters. The number of aromatic nitrogens is 4. The molecule has 168 valence electrons. The molecule has 1 aromatic carbocycles. The second kappa shape index (κ2) is 7.97. The Morgan fingerprint density at radius 1 is 1.12 bits per heavy atom. The van der Waals surface area contributed by atoms with Gasteiger partial charge in [0.15, 0.2) is 0 Å². The Morgan fingerprint density at radius 2 is 1.97 bits per heavy atom. The van der Waals surface area contributed by atoms with Crippen LogP contribution >= 0.6 is 11.6 Å². The number of hydrogen-bond acceptors (Lipinski definition) is 6. The molecular formula is C24H29ClN6O. The highest BCUT2D eigenvalue weighted by Crippen LogP contribution is 2.39. The third-order valence-corrected chi connectivity index (χ3v) is 7.67. The average molecular weight is 453 g/mol. The maximum Gasteiger partial charge on any atom is 0.227 e. The van der Waals surface area contributed by atoms with Gasteiger partial charge in [0, 0.05) is 22.6 Å². The summed E-state index contributed by atoms with van der Waals surface area (Å²) in [7, 11) is 0. The standard InChI is InChI=1S/C24H29ClN6O/c1-14-7-16(5-6-30(14)19-12-32-13-19)20-9-22-17(8-21(20)25)10-26-24(28-22)29-23-11-27-31(15(23)2)18-3-4-18/h8-11,14,16,18-19H,3-7,12-13H2,1-2H3,(H,26,28,29). The second-order valence-electron chi connectivity index (χ2n) is 9.57. The number of hydrogen-bond donors (Lipinski definition) is 1. The van der Waals surface area contributed by atoms with Crippen molar-refractivity contribution in [3.63, 3.8) is 0 Å². The highest BCUT2D eigenvalue weighted by Gasteiger charge is 2.35. The van der Waals surface area contributed by atoms with Gasteiger partial charge in [0.25, 0.3) is 0 Å². The second-order valence-corrected chi connectivity index (χ2v) is 9.98. The quantitative estimate of drug-likeness (QED) is 0.597. The van der Waals surface area contributed by atoms with Crippen molar-refractivity contribution in [1.82, 2.24) is 24.6 Å². The smallest absolute Gasteiger partial charge is 0.227 e. The minimum Gasteiger partial charge on any atom is -0.378 e. The Kier molecular flexibility index (Phi) is 5.08. The van der Waals surface area contributed by atoms with E-state index in [1.807, 2.05) is 18.5 Å². The predicted molar refractivity (Wildman–Crippen MR) is 126 cm³/mol. The van der Waals surface area contributed by atoms with Crippen LogP contribution < -0.4 is 5.32 Å². The minimum absolute atomic E-state index is 0.449. The Balaban J connectivity index is 1.24. The summed E-state index contributed by atoms with van der Waals surface area (Å²) >= 11 is 6.73. The zero-order valence-corrected chi connectivity index (χ0v) is 19.3. The molecule has 2 aromatic heterocycles. The molecule has 0 amide bonds. The number of fused-ring (bicyclic) bond motifs is 1. The van der Waals surface area contributed by atoms with E-state index in [-0.39, 0.29) is 0 Å². The molecule has 0 spiro atoms. The molecule has 3 aliphatic rings. The molecule has 0 radical (unpaired) electrons. The van der Waals surface area contributed by atoms with Crippen molar-refractivity contribution < 1.29 is 4.74 Å². The van der Waals surface area contributed by atoms with Crippen molar-refractivity contribution in [2.24, 2.45) is 0 Å². The molecule has 3 aromatic rings. The summed E-state index contributed by atoms with van der Waals surface area (Å²) in [4.78, 5) is 11.9. The summed E-state index contributed by atoms with van der Waals surface area (Å²) in [5.74, 6) is 1.04. The van der Waals surface area contributed by atoms with Crippen LogP contribution in [0.15, 0.2) is 24.5 Å². The lowest BCUT2D eigenvalue weighted by molar-refractivity contribution is -0.0862. The number of halogens is 1. The van der Waals surface area contributed by atoms with Crippen LogP contribution in [0.1, 0.15) is 55.8 Å². The van der Waals surface area contributed by atoms with Crippen LogP contribution in [0.2, 0.25) is 5.02 Å². The molecule has 8 heteroatoms. The first kappa shape index (κ1) is 20.4. The number of benzene rings is 1. The summed E-state index contributed by atoms with van der Waals surface area (Å²) < 4.78 is 7.51. The summed E-state index contributed by atoms with van der Waals surface area (Å²) in [6, 6.07) is 5.86. The summed E-state index contributed by atoms with van der Waals surface area (Å²) in [6.07, 6.45) is 8.37. The van der Waals surface area contributed by atoms with Gasteiger partial charge >= 0.3 is 0 Å². The topological polar surface area (TPSA) is 68.1 Å². The molecule has 4 heterocycles. The van der Waals surface area contributed by atoms with E-state index in [0.29, 0.717) is 30.0 Å². The van der Waals surface area contributed by atoms with Crippen molar-refractivity contribution in [2.75, 3.05) is 25.1 Å². The van der Waals surface area contributed by atoms with Crippen molar-refractivity contribution in [2.45, 2.75) is 63.6 Å². The van der Waals surface area contributed by atoms with Gasteiger partial charge in [-0.1, -0.05) is 11.6 Å². The molecule has 1 aliphatic carbocycles. The monoisotopic (exact) mass is 452 g/mol. The molecular weight excluding hydrogens is 424 g/mol. The Labute approximate surface area is 193 Å². The van der Waals surface area contributed by atoms with Crippen LogP contribution in [-0.4, -0.2) is 56.5 Å². The predicted octanol–water partition coefficient (Wildman–Crippen LogP) is 4.83. The molecule has 1 saturated carbocycles. The molecule has 3 fully saturated rings. The number of piperidine rings is 1. The van der Waals surface area contributed by atoms with Crippen molar-refractivity contribution >= 4 is 34.1 Å². The van der Waals surface area contributed by atoms with E-state index < -0.39 is 0 Å². The average Bonchev–Trinajstić information content (AvgIpc) is 3.52. The van der Waals surface area contributed by atoms with E-state index in [0.717, 1.165) is 59.9 Å². The molecule has 7 nitrogen and oxygen atoms in total. The van der Waals surface area contributed by atoms with Crippen molar-refractivity contribution in [1.29, 1.82) is 0 Å². The first-order chi connectivity index (χ1) is 15.6. The van der Waals surface area contributed by atoms with Gasteiger partial charge in [-0.2, -0.15) is 5.10 Å². The maximum absolute atomic E-state index is 6.73. The van der Waals surface area contributed by atoms with Gasteiger partial charge < -0.3 is 10.1 Å². The minimum atomic E-state index is 0.449. The van der Waals surface area contributed by atoms with E-state index >= 15 is 0 Å². The van der Waals surface area contributed by atoms with Crippen LogP contribution in [0.4, 0.5) is 11.6 Å². The van der Waals surface area contributed by atoms with Crippen LogP contribution in [0, 0.1) is 6.92 Å². The summed E-state index contributed by atoms with van der Waals surface area (Å²) in [5, 5.41) is 9.68. The van der Waals surface area contributed by atoms with Gasteiger partial charge in [0.2, 0.25) is 5.95 Å². The molecule has 2 saturated heterocycles. The van der Waals surface area contributed by atoms with E-state index in [1.165, 1.54) is 18.4 Å². The number of ether oxygens (including phenoxy) is 1. The SMILES string of the molecule is Cc1c(Nc2ncc3cc(Cl)c(C4CCN(C5COC5)C(C)C4)cc3n2)cnn1C1CC1. The number of anilines is 2. The first-order valence-electron chi connectivity index (χ1n) is 11.7. The van der Waals surface area contributed by atoms with Crippen LogP contribution in [0.3, 0.4) is 0 Å². The molecule has 6 rings (SSSR count). The van der Waals surface area contributed by atoms with E-state index in [2.05, 4.69) is 44.9 Å². The van der Waals surface area contributed by atoms with Crippen LogP contribution in [0.5, 0.6) is 0 Å². The largest absolute Gasteiger partial charge is 0.378 e. The van der Waals surface area contributed by atoms with E-state index in [4.69, 9.17) is 21.3 Å². The van der Waals surface area contributed by atoms with Crippen LogP contribution in [0.25, 0.3) is 10.9 Å². The zero-order valence-electron chi connectivity index (χ0n) is 18.6. The lowest BCUT2D eigenvalue weighted by Gasteiger charge is -2.45. The fraction of sp³-hybridized carbons (Fsp3) is 0.542. The van der Waals surface area contributed by atoms with Crippen molar-refractivity contribution in [3.8, 4) is 0 Å². The lowest BCUT2D eigenvalue weighted by atomic mass is 9.84. The molecule has 0 bridgehead atoms. The Bertz CT molecular complexity index is 1150. The van der Waals surface area contributed by atoms with E-state index in [1.54, 1.807) is 0 Å². The highest BCUT2D eigenvalue weighted by atomic mass is 35.5. The number of likely N-dealkylation sites (tertiary alicyclic amines) is 1. The third-order valence-electron chi connectivity index (χ3n) is 7.34. The van der Waals surface area contributed by atoms with Crippen LogP contribution in [-0.2, 0) is 4.74 Å². The fourth-order valence-electron chi connectivity index (χ4n) is 5.22. The summed E-state index contributed by atoms with van der Waals surface area (Å²) in [5.41, 5.74) is 4.23. The lowest BCUT2D eigenvalue weighted by Crippen LogP contribution is -2.55. The highest BCUT2D eigenvalue weighted by molar-refractivity contribution is 6.32. The van der Waals surface area contributed by atoms with Crippen molar-refractivity contribution in [3.05, 3.63) is 40.8 Å². The first-order valence-corrected chi connectivity index (χ1v) is 12.1.